The highest BCUT2D eigenvalue weighted by Gasteiger charge is 2.28. The van der Waals surface area contributed by atoms with Crippen LogP contribution in [-0.4, -0.2) is 31.2 Å². The van der Waals surface area contributed by atoms with E-state index in [4.69, 9.17) is 4.74 Å². The SMILES string of the molecule is CCP(=O)(CC)CC(C)C1CCCO1. The van der Waals surface area contributed by atoms with Crippen LogP contribution in [0.5, 0.6) is 0 Å². The summed E-state index contributed by atoms with van der Waals surface area (Å²) in [7, 11) is -1.87. The predicted molar refractivity (Wildman–Crippen MR) is 61.7 cm³/mol. The van der Waals surface area contributed by atoms with Gasteiger partial charge in [0.1, 0.15) is 0 Å². The Hall–Kier alpha value is 0.190. The molecule has 0 bridgehead atoms. The van der Waals surface area contributed by atoms with Crippen molar-refractivity contribution in [2.75, 3.05) is 25.1 Å². The second-order valence-electron chi connectivity index (χ2n) is 4.40. The molecule has 3 heteroatoms. The smallest absolute Gasteiger partial charge is 0.0875 e. The van der Waals surface area contributed by atoms with Crippen LogP contribution in [-0.2, 0) is 9.30 Å². The van der Waals surface area contributed by atoms with Crippen LogP contribution in [0.3, 0.4) is 0 Å². The second kappa shape index (κ2) is 5.32. The van der Waals surface area contributed by atoms with Crippen LogP contribution < -0.4 is 0 Å². The molecule has 84 valence electrons. The molecule has 0 N–H and O–H groups in total. The summed E-state index contributed by atoms with van der Waals surface area (Å²) in [5, 5.41) is 0. The van der Waals surface area contributed by atoms with Gasteiger partial charge in [0.15, 0.2) is 0 Å². The van der Waals surface area contributed by atoms with E-state index in [0.717, 1.165) is 31.5 Å². The second-order valence-corrected chi connectivity index (χ2v) is 8.15. The molecule has 1 heterocycles. The van der Waals surface area contributed by atoms with Crippen LogP contribution in [0.4, 0.5) is 0 Å². The van der Waals surface area contributed by atoms with E-state index in [-0.39, 0.29) is 0 Å². The van der Waals surface area contributed by atoms with Gasteiger partial charge in [-0.2, -0.15) is 0 Å². The molecule has 1 saturated heterocycles. The summed E-state index contributed by atoms with van der Waals surface area (Å²) >= 11 is 0. The zero-order chi connectivity index (χ0) is 10.6. The first-order chi connectivity index (χ1) is 6.61. The van der Waals surface area contributed by atoms with Crippen LogP contribution in [0.2, 0.25) is 0 Å². The maximum atomic E-state index is 12.3. The summed E-state index contributed by atoms with van der Waals surface area (Å²) in [5.74, 6) is 0.475. The van der Waals surface area contributed by atoms with Crippen molar-refractivity contribution in [3.8, 4) is 0 Å². The molecular weight excluding hydrogens is 195 g/mol. The minimum atomic E-state index is -1.87. The van der Waals surface area contributed by atoms with Gasteiger partial charge in [-0.25, -0.2) is 0 Å². The average molecular weight is 218 g/mol. The van der Waals surface area contributed by atoms with Gasteiger partial charge in [-0.3, -0.25) is 0 Å². The molecule has 1 rings (SSSR count). The van der Waals surface area contributed by atoms with Crippen LogP contribution in [0.1, 0.15) is 33.6 Å². The van der Waals surface area contributed by atoms with Gasteiger partial charge in [0.2, 0.25) is 0 Å². The molecule has 0 aromatic carbocycles. The van der Waals surface area contributed by atoms with Gasteiger partial charge >= 0.3 is 0 Å². The lowest BCUT2D eigenvalue weighted by atomic mass is 10.0. The first-order valence-corrected chi connectivity index (χ1v) is 8.06. The van der Waals surface area contributed by atoms with Gasteiger partial charge in [0.25, 0.3) is 0 Å². The molecule has 1 fully saturated rings. The third-order valence-electron chi connectivity index (χ3n) is 3.37. The van der Waals surface area contributed by atoms with E-state index in [1.807, 2.05) is 13.8 Å². The number of hydrogen-bond acceptors (Lipinski definition) is 2. The van der Waals surface area contributed by atoms with Crippen molar-refractivity contribution in [3.63, 3.8) is 0 Å². The van der Waals surface area contributed by atoms with Crippen LogP contribution in [0, 0.1) is 5.92 Å². The Morgan fingerprint density at radius 1 is 1.43 bits per heavy atom. The number of ether oxygens (including phenoxy) is 1. The van der Waals surface area contributed by atoms with Gasteiger partial charge in [-0.05, 0) is 31.1 Å². The van der Waals surface area contributed by atoms with E-state index in [9.17, 15) is 4.57 Å². The Kier molecular flexibility index (Phi) is 4.66. The summed E-state index contributed by atoms with van der Waals surface area (Å²) < 4.78 is 17.9. The monoisotopic (exact) mass is 218 g/mol. The fourth-order valence-corrected chi connectivity index (χ4v) is 4.42. The highest BCUT2D eigenvalue weighted by molar-refractivity contribution is 7.63. The van der Waals surface area contributed by atoms with Crippen molar-refractivity contribution in [2.45, 2.75) is 39.7 Å². The summed E-state index contributed by atoms with van der Waals surface area (Å²) in [6.07, 6.45) is 5.29. The van der Waals surface area contributed by atoms with Crippen molar-refractivity contribution in [2.24, 2.45) is 5.92 Å². The Morgan fingerprint density at radius 2 is 2.07 bits per heavy atom. The molecule has 0 radical (unpaired) electrons. The Labute approximate surface area is 87.8 Å². The highest BCUT2D eigenvalue weighted by Crippen LogP contribution is 2.47. The van der Waals surface area contributed by atoms with Crippen LogP contribution in [0.15, 0.2) is 0 Å². The zero-order valence-electron chi connectivity index (χ0n) is 9.66. The zero-order valence-corrected chi connectivity index (χ0v) is 10.6. The van der Waals surface area contributed by atoms with Crippen molar-refractivity contribution in [1.82, 2.24) is 0 Å². The summed E-state index contributed by atoms with van der Waals surface area (Å²) in [6.45, 7) is 7.19. The van der Waals surface area contributed by atoms with Gasteiger partial charge in [-0.15, -0.1) is 0 Å². The van der Waals surface area contributed by atoms with E-state index in [0.29, 0.717) is 12.0 Å². The van der Waals surface area contributed by atoms with Crippen LogP contribution in [0.25, 0.3) is 0 Å². The molecule has 1 aliphatic heterocycles. The molecule has 2 atom stereocenters. The fraction of sp³-hybridized carbons (Fsp3) is 1.00. The Balaban J connectivity index is 2.45. The number of rotatable bonds is 5. The standard InChI is InChI=1S/C11H23O2P/c1-4-14(12,5-2)9-10(3)11-7-6-8-13-11/h10-11H,4-9H2,1-3H3. The van der Waals surface area contributed by atoms with Gasteiger partial charge < -0.3 is 9.30 Å². The first-order valence-electron chi connectivity index (χ1n) is 5.80. The van der Waals surface area contributed by atoms with E-state index >= 15 is 0 Å². The lowest BCUT2D eigenvalue weighted by molar-refractivity contribution is 0.0766. The molecule has 2 unspecified atom stereocenters. The largest absolute Gasteiger partial charge is 0.378 e. The number of hydrogen-bond donors (Lipinski definition) is 0. The van der Waals surface area contributed by atoms with E-state index in [1.165, 1.54) is 6.42 Å². The summed E-state index contributed by atoms with van der Waals surface area (Å²) in [4.78, 5) is 0. The predicted octanol–water partition coefficient (Wildman–Crippen LogP) is 3.20. The fourth-order valence-electron chi connectivity index (χ4n) is 2.18. The van der Waals surface area contributed by atoms with Gasteiger partial charge in [0, 0.05) is 12.8 Å². The van der Waals surface area contributed by atoms with Gasteiger partial charge in [-0.1, -0.05) is 20.8 Å². The highest BCUT2D eigenvalue weighted by atomic mass is 31.2. The molecule has 0 aromatic heterocycles. The van der Waals surface area contributed by atoms with Crippen molar-refractivity contribution >= 4 is 7.14 Å². The quantitative estimate of drug-likeness (QED) is 0.662. The molecule has 2 nitrogen and oxygen atoms in total. The Bertz CT molecular complexity index is 201. The van der Waals surface area contributed by atoms with Crippen molar-refractivity contribution < 1.29 is 9.30 Å². The molecule has 0 amide bonds. The molecule has 1 aliphatic rings. The van der Waals surface area contributed by atoms with E-state index < -0.39 is 7.14 Å². The van der Waals surface area contributed by atoms with Crippen molar-refractivity contribution in [3.05, 3.63) is 0 Å². The molecule has 0 saturated carbocycles. The molecule has 0 aliphatic carbocycles. The van der Waals surface area contributed by atoms with Crippen molar-refractivity contribution in [1.29, 1.82) is 0 Å². The third-order valence-corrected chi connectivity index (χ3v) is 6.92. The maximum Gasteiger partial charge on any atom is 0.0875 e. The van der Waals surface area contributed by atoms with E-state index in [2.05, 4.69) is 6.92 Å². The normalized spacial score (nSPS) is 25.2. The maximum absolute atomic E-state index is 12.3. The van der Waals surface area contributed by atoms with Crippen LogP contribution >= 0.6 is 7.14 Å². The topological polar surface area (TPSA) is 26.3 Å². The van der Waals surface area contributed by atoms with Gasteiger partial charge in [0.05, 0.1) is 13.2 Å². The lowest BCUT2D eigenvalue weighted by Gasteiger charge is -2.23. The molecule has 0 aromatic rings. The minimum Gasteiger partial charge on any atom is -0.378 e. The average Bonchev–Trinajstić information content (AvgIpc) is 2.70. The lowest BCUT2D eigenvalue weighted by Crippen LogP contribution is -2.21. The molecular formula is C11H23O2P. The summed E-state index contributed by atoms with van der Waals surface area (Å²) in [5.41, 5.74) is 0. The Morgan fingerprint density at radius 3 is 2.50 bits per heavy atom. The molecule has 14 heavy (non-hydrogen) atoms. The minimum absolute atomic E-state index is 0.376. The summed E-state index contributed by atoms with van der Waals surface area (Å²) in [6, 6.07) is 0. The third kappa shape index (κ3) is 3.10. The van der Waals surface area contributed by atoms with E-state index in [1.54, 1.807) is 0 Å². The molecule has 0 spiro atoms. The first kappa shape index (κ1) is 12.3.